The van der Waals surface area contributed by atoms with Crippen LogP contribution in [0.2, 0.25) is 5.02 Å². The molecule has 0 bridgehead atoms. The standard InChI is InChI=1S/C13H18ClN/c1-13(2,3)12-7-4-9-8-10(14)5-6-11(9)15-12/h5-6,8,12,15H,4,7H2,1-3H3. The monoisotopic (exact) mass is 223 g/mol. The molecule has 1 aromatic carbocycles. The van der Waals surface area contributed by atoms with Gasteiger partial charge in [0.25, 0.3) is 0 Å². The molecule has 0 radical (unpaired) electrons. The number of hydrogen-bond donors (Lipinski definition) is 1. The maximum atomic E-state index is 5.98. The van der Waals surface area contributed by atoms with E-state index >= 15 is 0 Å². The van der Waals surface area contributed by atoms with Crippen LogP contribution in [-0.4, -0.2) is 6.04 Å². The Balaban J connectivity index is 2.24. The smallest absolute Gasteiger partial charge is 0.0410 e. The first kappa shape index (κ1) is 10.8. The third kappa shape index (κ3) is 2.28. The highest BCUT2D eigenvalue weighted by atomic mass is 35.5. The van der Waals surface area contributed by atoms with Gasteiger partial charge in [0.05, 0.1) is 0 Å². The fraction of sp³-hybridized carbons (Fsp3) is 0.538. The molecule has 0 saturated carbocycles. The van der Waals surface area contributed by atoms with Crippen molar-refractivity contribution >= 4 is 17.3 Å². The van der Waals surface area contributed by atoms with Crippen LogP contribution < -0.4 is 5.32 Å². The predicted octanol–water partition coefficient (Wildman–Crippen LogP) is 4.11. The second kappa shape index (κ2) is 3.71. The van der Waals surface area contributed by atoms with Gasteiger partial charge in [-0.3, -0.25) is 0 Å². The van der Waals surface area contributed by atoms with E-state index in [0.29, 0.717) is 11.5 Å². The van der Waals surface area contributed by atoms with E-state index in [0.717, 1.165) is 11.4 Å². The van der Waals surface area contributed by atoms with Crippen LogP contribution in [0.4, 0.5) is 5.69 Å². The summed E-state index contributed by atoms with van der Waals surface area (Å²) in [6.07, 6.45) is 2.32. The SMILES string of the molecule is CC(C)(C)C1CCc2cc(Cl)ccc2N1. The predicted molar refractivity (Wildman–Crippen MR) is 66.6 cm³/mol. The summed E-state index contributed by atoms with van der Waals surface area (Å²) in [4.78, 5) is 0. The van der Waals surface area contributed by atoms with Crippen molar-refractivity contribution in [3.63, 3.8) is 0 Å². The largest absolute Gasteiger partial charge is 0.382 e. The van der Waals surface area contributed by atoms with E-state index in [2.05, 4.69) is 38.2 Å². The number of halogens is 1. The summed E-state index contributed by atoms with van der Waals surface area (Å²) >= 11 is 5.98. The summed E-state index contributed by atoms with van der Waals surface area (Å²) in [6.45, 7) is 6.85. The van der Waals surface area contributed by atoms with E-state index in [9.17, 15) is 0 Å². The van der Waals surface area contributed by atoms with Crippen molar-refractivity contribution in [2.24, 2.45) is 5.41 Å². The lowest BCUT2D eigenvalue weighted by atomic mass is 9.81. The Labute approximate surface area is 96.8 Å². The molecule has 1 unspecified atom stereocenters. The molecular formula is C13H18ClN. The Kier molecular flexibility index (Phi) is 2.68. The van der Waals surface area contributed by atoms with Crippen LogP contribution in [-0.2, 0) is 6.42 Å². The molecule has 1 aliphatic rings. The van der Waals surface area contributed by atoms with Gasteiger partial charge in [-0.25, -0.2) is 0 Å². The highest BCUT2D eigenvalue weighted by Crippen LogP contribution is 2.34. The Hall–Kier alpha value is -0.690. The molecule has 1 atom stereocenters. The third-order valence-corrected chi connectivity index (χ3v) is 3.38. The second-order valence-corrected chi connectivity index (χ2v) is 5.84. The molecule has 82 valence electrons. The zero-order valence-corrected chi connectivity index (χ0v) is 10.4. The minimum Gasteiger partial charge on any atom is -0.382 e. The fourth-order valence-corrected chi connectivity index (χ4v) is 2.31. The van der Waals surface area contributed by atoms with Crippen molar-refractivity contribution in [1.82, 2.24) is 0 Å². The minimum absolute atomic E-state index is 0.317. The average Bonchev–Trinajstić information content (AvgIpc) is 2.15. The summed E-state index contributed by atoms with van der Waals surface area (Å²) < 4.78 is 0. The lowest BCUT2D eigenvalue weighted by Gasteiger charge is -2.36. The minimum atomic E-state index is 0.317. The van der Waals surface area contributed by atoms with Gasteiger partial charge in [-0.15, -0.1) is 0 Å². The van der Waals surface area contributed by atoms with Crippen LogP contribution in [0, 0.1) is 5.41 Å². The molecule has 1 nitrogen and oxygen atoms in total. The molecule has 2 rings (SSSR count). The molecule has 0 amide bonds. The van der Waals surface area contributed by atoms with Crippen molar-refractivity contribution in [3.8, 4) is 0 Å². The molecule has 0 fully saturated rings. The molecule has 0 saturated heterocycles. The number of aryl methyl sites for hydroxylation is 1. The fourth-order valence-electron chi connectivity index (χ4n) is 2.12. The van der Waals surface area contributed by atoms with Crippen molar-refractivity contribution in [2.45, 2.75) is 39.7 Å². The van der Waals surface area contributed by atoms with E-state index in [1.165, 1.54) is 17.7 Å². The van der Waals surface area contributed by atoms with Crippen LogP contribution in [0.3, 0.4) is 0 Å². The number of nitrogens with one attached hydrogen (secondary N) is 1. The molecule has 0 spiro atoms. The van der Waals surface area contributed by atoms with Crippen molar-refractivity contribution in [1.29, 1.82) is 0 Å². The maximum Gasteiger partial charge on any atom is 0.0410 e. The van der Waals surface area contributed by atoms with E-state index in [-0.39, 0.29) is 0 Å². The molecule has 15 heavy (non-hydrogen) atoms. The summed E-state index contributed by atoms with van der Waals surface area (Å²) in [5, 5.41) is 4.44. The molecule has 1 aliphatic heterocycles. The normalized spacial score (nSPS) is 20.7. The lowest BCUT2D eigenvalue weighted by molar-refractivity contribution is 0.321. The van der Waals surface area contributed by atoms with Gasteiger partial charge in [0, 0.05) is 16.8 Å². The average molecular weight is 224 g/mol. The molecule has 0 aliphatic carbocycles. The van der Waals surface area contributed by atoms with Gasteiger partial charge < -0.3 is 5.32 Å². The van der Waals surface area contributed by atoms with E-state index in [1.807, 2.05) is 6.07 Å². The Bertz CT molecular complexity index is 365. The Morgan fingerprint density at radius 2 is 2.07 bits per heavy atom. The number of benzene rings is 1. The van der Waals surface area contributed by atoms with Crippen molar-refractivity contribution < 1.29 is 0 Å². The second-order valence-electron chi connectivity index (χ2n) is 5.40. The van der Waals surface area contributed by atoms with Gasteiger partial charge in [0.15, 0.2) is 0 Å². The Morgan fingerprint density at radius 3 is 2.73 bits per heavy atom. The zero-order valence-electron chi connectivity index (χ0n) is 9.60. The number of rotatable bonds is 0. The maximum absolute atomic E-state index is 5.98. The summed E-state index contributed by atoms with van der Waals surface area (Å²) in [5.41, 5.74) is 2.92. The third-order valence-electron chi connectivity index (χ3n) is 3.14. The van der Waals surface area contributed by atoms with Gasteiger partial charge in [0.2, 0.25) is 0 Å². The van der Waals surface area contributed by atoms with Crippen LogP contribution in [0.5, 0.6) is 0 Å². The van der Waals surface area contributed by atoms with Gasteiger partial charge in [-0.1, -0.05) is 32.4 Å². The van der Waals surface area contributed by atoms with Crippen LogP contribution in [0.15, 0.2) is 18.2 Å². The topological polar surface area (TPSA) is 12.0 Å². The van der Waals surface area contributed by atoms with Gasteiger partial charge in [0.1, 0.15) is 0 Å². The molecule has 1 aromatic rings. The quantitative estimate of drug-likeness (QED) is 0.698. The first-order valence-electron chi connectivity index (χ1n) is 5.52. The highest BCUT2D eigenvalue weighted by molar-refractivity contribution is 6.30. The van der Waals surface area contributed by atoms with Gasteiger partial charge >= 0.3 is 0 Å². The zero-order chi connectivity index (χ0) is 11.1. The van der Waals surface area contributed by atoms with E-state index in [1.54, 1.807) is 0 Å². The number of hydrogen-bond acceptors (Lipinski definition) is 1. The Morgan fingerprint density at radius 1 is 1.33 bits per heavy atom. The number of anilines is 1. The summed E-state index contributed by atoms with van der Waals surface area (Å²) in [7, 11) is 0. The van der Waals surface area contributed by atoms with Crippen molar-refractivity contribution in [2.75, 3.05) is 5.32 Å². The first-order chi connectivity index (χ1) is 6.97. The molecular weight excluding hydrogens is 206 g/mol. The van der Waals surface area contributed by atoms with E-state index < -0.39 is 0 Å². The highest BCUT2D eigenvalue weighted by Gasteiger charge is 2.27. The summed E-state index contributed by atoms with van der Waals surface area (Å²) in [5.74, 6) is 0. The molecule has 2 heteroatoms. The molecule has 1 N–H and O–H groups in total. The lowest BCUT2D eigenvalue weighted by Crippen LogP contribution is -2.37. The van der Waals surface area contributed by atoms with E-state index in [4.69, 9.17) is 11.6 Å². The van der Waals surface area contributed by atoms with Gasteiger partial charge in [-0.2, -0.15) is 0 Å². The molecule has 0 aromatic heterocycles. The number of fused-ring (bicyclic) bond motifs is 1. The first-order valence-corrected chi connectivity index (χ1v) is 5.89. The van der Waals surface area contributed by atoms with Crippen LogP contribution in [0.1, 0.15) is 32.8 Å². The van der Waals surface area contributed by atoms with Crippen LogP contribution in [0.25, 0.3) is 0 Å². The van der Waals surface area contributed by atoms with Crippen LogP contribution >= 0.6 is 11.6 Å². The van der Waals surface area contributed by atoms with Gasteiger partial charge in [-0.05, 0) is 42.0 Å². The van der Waals surface area contributed by atoms with Crippen molar-refractivity contribution in [3.05, 3.63) is 28.8 Å². The molecule has 1 heterocycles. The summed E-state index contributed by atoms with van der Waals surface area (Å²) in [6, 6.07) is 6.68.